The average Bonchev–Trinajstić information content (AvgIpc) is 2.72. The second kappa shape index (κ2) is 6.72. The van der Waals surface area contributed by atoms with E-state index in [9.17, 15) is 14.7 Å². The lowest BCUT2D eigenvalue weighted by atomic mass is 10.1. The minimum absolute atomic E-state index is 0.158. The summed E-state index contributed by atoms with van der Waals surface area (Å²) >= 11 is 0. The molecule has 0 saturated carbocycles. The largest absolute Gasteiger partial charge is 0.394 e. The second-order valence-corrected chi connectivity index (χ2v) is 6.26. The molecule has 0 bridgehead atoms. The summed E-state index contributed by atoms with van der Waals surface area (Å²) in [4.78, 5) is 27.9. The Morgan fingerprint density at radius 2 is 1.95 bits per heavy atom. The number of carbonyl (C=O) groups excluding carboxylic acids is 2. The number of ether oxygens (including phenoxy) is 1. The summed E-state index contributed by atoms with van der Waals surface area (Å²) in [5.41, 5.74) is -0.554. The maximum Gasteiger partial charge on any atom is 0.312 e. The molecule has 7 nitrogen and oxygen atoms in total. The number of hydrogen-bond acceptors (Lipinski definition) is 5. The molecule has 21 heavy (non-hydrogen) atoms. The van der Waals surface area contributed by atoms with Crippen molar-refractivity contribution in [1.82, 2.24) is 15.1 Å². The highest BCUT2D eigenvalue weighted by Gasteiger charge is 2.38. The van der Waals surface area contributed by atoms with Gasteiger partial charge in [-0.2, -0.15) is 0 Å². The van der Waals surface area contributed by atoms with Crippen LogP contribution in [0, 0.1) is 0 Å². The molecule has 1 atom stereocenters. The van der Waals surface area contributed by atoms with E-state index in [1.54, 1.807) is 4.90 Å². The van der Waals surface area contributed by atoms with E-state index in [4.69, 9.17) is 4.74 Å². The fourth-order valence-corrected chi connectivity index (χ4v) is 2.86. The Bertz CT molecular complexity index is 392. The fourth-order valence-electron chi connectivity index (χ4n) is 2.86. The summed E-state index contributed by atoms with van der Waals surface area (Å²) in [5.74, 6) is -0.945. The van der Waals surface area contributed by atoms with Gasteiger partial charge in [0.25, 0.3) is 0 Å². The highest BCUT2D eigenvalue weighted by atomic mass is 16.5. The molecule has 1 unspecified atom stereocenters. The first kappa shape index (κ1) is 16.2. The number of rotatable bonds is 1. The lowest BCUT2D eigenvalue weighted by Crippen LogP contribution is -2.58. The van der Waals surface area contributed by atoms with Gasteiger partial charge in [0, 0.05) is 32.7 Å². The van der Waals surface area contributed by atoms with E-state index in [1.165, 1.54) is 4.90 Å². The number of hydrogen-bond donors (Lipinski definition) is 2. The minimum Gasteiger partial charge on any atom is -0.394 e. The Morgan fingerprint density at radius 1 is 1.24 bits per heavy atom. The summed E-state index contributed by atoms with van der Waals surface area (Å²) < 4.78 is 5.67. The standard InChI is InChI=1S/C14H25N3O4/c1-14(2)10-17(8-11(9-18)21-14)13(20)12(19)16-6-3-4-15-5-7-16/h11,15,18H,3-10H2,1-2H3. The lowest BCUT2D eigenvalue weighted by Gasteiger charge is -2.42. The molecule has 2 heterocycles. The van der Waals surface area contributed by atoms with Gasteiger partial charge in [0.15, 0.2) is 0 Å². The van der Waals surface area contributed by atoms with Crippen LogP contribution in [0.4, 0.5) is 0 Å². The number of nitrogens with one attached hydrogen (secondary N) is 1. The molecule has 0 aromatic carbocycles. The Hall–Kier alpha value is -1.18. The van der Waals surface area contributed by atoms with Crippen molar-refractivity contribution in [3.8, 4) is 0 Å². The second-order valence-electron chi connectivity index (χ2n) is 6.26. The van der Waals surface area contributed by atoms with Gasteiger partial charge in [0.2, 0.25) is 0 Å². The molecule has 0 aliphatic carbocycles. The van der Waals surface area contributed by atoms with Crippen molar-refractivity contribution < 1.29 is 19.4 Å². The molecule has 120 valence electrons. The number of amides is 2. The topological polar surface area (TPSA) is 82.1 Å². The molecule has 0 aromatic rings. The maximum atomic E-state index is 12.4. The fraction of sp³-hybridized carbons (Fsp3) is 0.857. The molecule has 2 rings (SSSR count). The molecule has 2 amide bonds. The number of aliphatic hydroxyl groups excluding tert-OH is 1. The molecular weight excluding hydrogens is 274 g/mol. The summed E-state index contributed by atoms with van der Waals surface area (Å²) in [6.07, 6.45) is 0.420. The first-order valence-electron chi connectivity index (χ1n) is 7.50. The van der Waals surface area contributed by atoms with Crippen LogP contribution in [0.15, 0.2) is 0 Å². The van der Waals surface area contributed by atoms with E-state index in [1.807, 2.05) is 13.8 Å². The lowest BCUT2D eigenvalue weighted by molar-refractivity contribution is -0.173. The number of nitrogens with zero attached hydrogens (tertiary/aromatic N) is 2. The van der Waals surface area contributed by atoms with E-state index < -0.39 is 23.5 Å². The molecule has 7 heteroatoms. The van der Waals surface area contributed by atoms with Gasteiger partial charge in [0.05, 0.1) is 18.3 Å². The normalized spacial score (nSPS) is 26.3. The summed E-state index contributed by atoms with van der Waals surface area (Å²) in [5, 5.41) is 12.5. The van der Waals surface area contributed by atoms with E-state index in [0.29, 0.717) is 26.2 Å². The Labute approximate surface area is 125 Å². The third-order valence-corrected chi connectivity index (χ3v) is 3.78. The zero-order chi connectivity index (χ0) is 15.5. The van der Waals surface area contributed by atoms with Gasteiger partial charge < -0.3 is 25.0 Å². The third-order valence-electron chi connectivity index (χ3n) is 3.78. The van der Waals surface area contributed by atoms with Gasteiger partial charge in [-0.05, 0) is 26.8 Å². The van der Waals surface area contributed by atoms with E-state index in [2.05, 4.69) is 5.32 Å². The van der Waals surface area contributed by atoms with Crippen molar-refractivity contribution in [2.75, 3.05) is 45.9 Å². The van der Waals surface area contributed by atoms with Crippen LogP contribution in [-0.2, 0) is 14.3 Å². The van der Waals surface area contributed by atoms with Gasteiger partial charge >= 0.3 is 11.8 Å². The first-order chi connectivity index (χ1) is 9.93. The molecule has 2 aliphatic rings. The van der Waals surface area contributed by atoms with E-state index in [0.717, 1.165) is 13.0 Å². The van der Waals surface area contributed by atoms with Crippen molar-refractivity contribution in [3.63, 3.8) is 0 Å². The monoisotopic (exact) mass is 299 g/mol. The molecule has 2 aliphatic heterocycles. The van der Waals surface area contributed by atoms with Gasteiger partial charge in [-0.15, -0.1) is 0 Å². The SMILES string of the molecule is CC1(C)CN(C(=O)C(=O)N2CCCNCC2)CC(CO)O1. The zero-order valence-corrected chi connectivity index (χ0v) is 12.8. The van der Waals surface area contributed by atoms with Crippen LogP contribution in [0.1, 0.15) is 20.3 Å². The van der Waals surface area contributed by atoms with Crippen molar-refractivity contribution in [2.24, 2.45) is 0 Å². The maximum absolute atomic E-state index is 12.4. The molecule has 0 radical (unpaired) electrons. The van der Waals surface area contributed by atoms with Crippen molar-refractivity contribution in [2.45, 2.75) is 32.0 Å². The van der Waals surface area contributed by atoms with Gasteiger partial charge in [-0.25, -0.2) is 0 Å². The average molecular weight is 299 g/mol. The molecule has 2 N–H and O–H groups in total. The van der Waals surface area contributed by atoms with Crippen molar-refractivity contribution in [1.29, 1.82) is 0 Å². The van der Waals surface area contributed by atoms with Crippen LogP contribution in [0.25, 0.3) is 0 Å². The molecule has 0 aromatic heterocycles. The van der Waals surface area contributed by atoms with Crippen molar-refractivity contribution >= 4 is 11.8 Å². The Kier molecular flexibility index (Phi) is 5.18. The van der Waals surface area contributed by atoms with Crippen LogP contribution in [0.3, 0.4) is 0 Å². The van der Waals surface area contributed by atoms with Crippen molar-refractivity contribution in [3.05, 3.63) is 0 Å². The Morgan fingerprint density at radius 3 is 2.67 bits per heavy atom. The summed E-state index contributed by atoms with van der Waals surface area (Å²) in [6.45, 7) is 6.93. The summed E-state index contributed by atoms with van der Waals surface area (Å²) in [6, 6.07) is 0. The van der Waals surface area contributed by atoms with E-state index >= 15 is 0 Å². The van der Waals surface area contributed by atoms with Crippen LogP contribution >= 0.6 is 0 Å². The van der Waals surface area contributed by atoms with Crippen LogP contribution in [0.5, 0.6) is 0 Å². The van der Waals surface area contributed by atoms with Gasteiger partial charge in [-0.1, -0.05) is 0 Å². The predicted molar refractivity (Wildman–Crippen MR) is 76.7 cm³/mol. The van der Waals surface area contributed by atoms with E-state index in [-0.39, 0.29) is 13.2 Å². The minimum atomic E-state index is -0.554. The summed E-state index contributed by atoms with van der Waals surface area (Å²) in [7, 11) is 0. The van der Waals surface area contributed by atoms with Crippen LogP contribution in [0.2, 0.25) is 0 Å². The number of carbonyl (C=O) groups is 2. The molecule has 2 fully saturated rings. The van der Waals surface area contributed by atoms with Gasteiger partial charge in [0.1, 0.15) is 0 Å². The third kappa shape index (κ3) is 4.15. The number of aliphatic hydroxyl groups is 1. The van der Waals surface area contributed by atoms with Crippen LogP contribution < -0.4 is 5.32 Å². The highest BCUT2D eigenvalue weighted by molar-refractivity contribution is 6.34. The zero-order valence-electron chi connectivity index (χ0n) is 12.8. The highest BCUT2D eigenvalue weighted by Crippen LogP contribution is 2.21. The predicted octanol–water partition coefficient (Wildman–Crippen LogP) is -1.19. The number of morpholine rings is 1. The molecule has 2 saturated heterocycles. The smallest absolute Gasteiger partial charge is 0.312 e. The quantitative estimate of drug-likeness (QED) is 0.595. The first-order valence-corrected chi connectivity index (χ1v) is 7.50. The molecule has 0 spiro atoms. The Balaban J connectivity index is 2.02. The molecular formula is C14H25N3O4. The van der Waals surface area contributed by atoms with Crippen LogP contribution in [-0.4, -0.2) is 84.3 Å². The van der Waals surface area contributed by atoms with Gasteiger partial charge in [-0.3, -0.25) is 9.59 Å².